The molecule has 118 valence electrons. The topological polar surface area (TPSA) is 24.5 Å². The molecule has 1 saturated heterocycles. The SMILES string of the molecule is CNC(c1ccc(C)cc1)C(C)N1CCCC(COC)C1. The number of likely N-dealkylation sites (N-methyl/N-ethyl adjacent to an activating group) is 1. The van der Waals surface area contributed by atoms with E-state index in [0.717, 1.165) is 13.2 Å². The van der Waals surface area contributed by atoms with Crippen LogP contribution in [0.1, 0.15) is 36.9 Å². The van der Waals surface area contributed by atoms with Crippen molar-refractivity contribution in [3.05, 3.63) is 35.4 Å². The Morgan fingerprint density at radius 2 is 2.05 bits per heavy atom. The molecule has 1 fully saturated rings. The van der Waals surface area contributed by atoms with Crippen molar-refractivity contribution < 1.29 is 4.74 Å². The highest BCUT2D eigenvalue weighted by molar-refractivity contribution is 5.25. The van der Waals surface area contributed by atoms with Crippen molar-refractivity contribution in [2.45, 2.75) is 38.8 Å². The Labute approximate surface area is 129 Å². The Morgan fingerprint density at radius 1 is 1.33 bits per heavy atom. The molecule has 0 saturated carbocycles. The molecular formula is C18H30N2O. The van der Waals surface area contributed by atoms with Gasteiger partial charge in [0.15, 0.2) is 0 Å². The summed E-state index contributed by atoms with van der Waals surface area (Å²) >= 11 is 0. The molecule has 3 atom stereocenters. The molecule has 2 rings (SSSR count). The first-order chi connectivity index (χ1) is 10.2. The zero-order valence-electron chi connectivity index (χ0n) is 13.9. The normalized spacial score (nSPS) is 23.0. The van der Waals surface area contributed by atoms with E-state index in [1.54, 1.807) is 0 Å². The van der Waals surface area contributed by atoms with Gasteiger partial charge in [-0.15, -0.1) is 0 Å². The number of piperidine rings is 1. The molecule has 21 heavy (non-hydrogen) atoms. The maximum absolute atomic E-state index is 5.35. The third kappa shape index (κ3) is 4.29. The van der Waals surface area contributed by atoms with Crippen LogP contribution in [0.15, 0.2) is 24.3 Å². The molecule has 0 bridgehead atoms. The van der Waals surface area contributed by atoms with Crippen LogP contribution in [0.4, 0.5) is 0 Å². The largest absolute Gasteiger partial charge is 0.384 e. The molecule has 1 aromatic carbocycles. The van der Waals surface area contributed by atoms with E-state index in [-0.39, 0.29) is 0 Å². The van der Waals surface area contributed by atoms with E-state index in [1.165, 1.54) is 30.5 Å². The number of rotatable bonds is 6. The van der Waals surface area contributed by atoms with Crippen LogP contribution in [-0.4, -0.2) is 44.8 Å². The summed E-state index contributed by atoms with van der Waals surface area (Å²) in [5.41, 5.74) is 2.70. The van der Waals surface area contributed by atoms with Crippen LogP contribution in [0.25, 0.3) is 0 Å². The number of likely N-dealkylation sites (tertiary alicyclic amines) is 1. The van der Waals surface area contributed by atoms with Crippen molar-refractivity contribution in [1.29, 1.82) is 0 Å². The summed E-state index contributed by atoms with van der Waals surface area (Å²) in [7, 11) is 3.88. The second kappa shape index (κ2) is 7.92. The van der Waals surface area contributed by atoms with Gasteiger partial charge >= 0.3 is 0 Å². The standard InChI is InChI=1S/C18H30N2O/c1-14-7-9-17(10-8-14)18(19-3)15(2)20-11-5-6-16(12-20)13-21-4/h7-10,15-16,18-19H,5-6,11-13H2,1-4H3. The molecule has 3 unspecified atom stereocenters. The maximum Gasteiger partial charge on any atom is 0.0502 e. The molecule has 1 heterocycles. The first-order valence-corrected chi connectivity index (χ1v) is 8.12. The summed E-state index contributed by atoms with van der Waals surface area (Å²) in [6.45, 7) is 7.72. The number of nitrogens with zero attached hydrogens (tertiary/aromatic N) is 1. The quantitative estimate of drug-likeness (QED) is 0.871. The van der Waals surface area contributed by atoms with E-state index >= 15 is 0 Å². The molecule has 0 radical (unpaired) electrons. The summed E-state index contributed by atoms with van der Waals surface area (Å²) in [5, 5.41) is 3.51. The van der Waals surface area contributed by atoms with Crippen LogP contribution >= 0.6 is 0 Å². The van der Waals surface area contributed by atoms with Gasteiger partial charge in [-0.2, -0.15) is 0 Å². The summed E-state index contributed by atoms with van der Waals surface area (Å²) in [4.78, 5) is 2.62. The number of hydrogen-bond donors (Lipinski definition) is 1. The molecule has 0 spiro atoms. The highest BCUT2D eigenvalue weighted by Crippen LogP contribution is 2.26. The predicted octanol–water partition coefficient (Wildman–Crippen LogP) is 3.00. The van der Waals surface area contributed by atoms with E-state index in [9.17, 15) is 0 Å². The highest BCUT2D eigenvalue weighted by Gasteiger charge is 2.28. The van der Waals surface area contributed by atoms with E-state index in [2.05, 4.69) is 55.4 Å². The van der Waals surface area contributed by atoms with E-state index in [1.807, 2.05) is 7.11 Å². The summed E-state index contributed by atoms with van der Waals surface area (Å²) in [5.74, 6) is 0.682. The van der Waals surface area contributed by atoms with Gasteiger partial charge in [-0.05, 0) is 51.8 Å². The highest BCUT2D eigenvalue weighted by atomic mass is 16.5. The number of methoxy groups -OCH3 is 1. The van der Waals surface area contributed by atoms with Crippen LogP contribution in [0.3, 0.4) is 0 Å². The average Bonchev–Trinajstić information content (AvgIpc) is 2.50. The number of hydrogen-bond acceptors (Lipinski definition) is 3. The first kappa shape index (κ1) is 16.5. The minimum Gasteiger partial charge on any atom is -0.384 e. The number of aryl methyl sites for hydroxylation is 1. The van der Waals surface area contributed by atoms with Crippen molar-refractivity contribution in [1.82, 2.24) is 10.2 Å². The van der Waals surface area contributed by atoms with Gasteiger partial charge in [0.25, 0.3) is 0 Å². The van der Waals surface area contributed by atoms with Crippen LogP contribution in [0, 0.1) is 12.8 Å². The van der Waals surface area contributed by atoms with Crippen molar-refractivity contribution in [3.8, 4) is 0 Å². The molecule has 0 aromatic heterocycles. The van der Waals surface area contributed by atoms with E-state index in [4.69, 9.17) is 4.74 Å². The number of benzene rings is 1. The minimum atomic E-state index is 0.381. The first-order valence-electron chi connectivity index (χ1n) is 8.12. The number of ether oxygens (including phenoxy) is 1. The third-order valence-electron chi connectivity index (χ3n) is 4.76. The molecule has 3 nitrogen and oxygen atoms in total. The van der Waals surface area contributed by atoms with Crippen LogP contribution in [0.2, 0.25) is 0 Å². The summed E-state index contributed by atoms with van der Waals surface area (Å²) in [6.07, 6.45) is 2.58. The Balaban J connectivity index is 2.05. The average molecular weight is 290 g/mol. The van der Waals surface area contributed by atoms with Gasteiger partial charge in [-0.1, -0.05) is 29.8 Å². The second-order valence-corrected chi connectivity index (χ2v) is 6.38. The van der Waals surface area contributed by atoms with Gasteiger partial charge in [0.2, 0.25) is 0 Å². The lowest BCUT2D eigenvalue weighted by Gasteiger charge is -2.40. The molecule has 0 amide bonds. The van der Waals surface area contributed by atoms with Crippen molar-refractivity contribution in [2.75, 3.05) is 33.9 Å². The van der Waals surface area contributed by atoms with Crippen LogP contribution in [0.5, 0.6) is 0 Å². The third-order valence-corrected chi connectivity index (χ3v) is 4.76. The fraction of sp³-hybridized carbons (Fsp3) is 0.667. The second-order valence-electron chi connectivity index (χ2n) is 6.38. The fourth-order valence-electron chi connectivity index (χ4n) is 3.51. The minimum absolute atomic E-state index is 0.381. The monoisotopic (exact) mass is 290 g/mol. The summed E-state index contributed by atoms with van der Waals surface area (Å²) < 4.78 is 5.35. The van der Waals surface area contributed by atoms with Gasteiger partial charge in [-0.25, -0.2) is 0 Å². The predicted molar refractivity (Wildman–Crippen MR) is 88.6 cm³/mol. The van der Waals surface area contributed by atoms with Gasteiger partial charge in [-0.3, -0.25) is 4.90 Å². The fourth-order valence-corrected chi connectivity index (χ4v) is 3.51. The number of nitrogens with one attached hydrogen (secondary N) is 1. The molecule has 1 N–H and O–H groups in total. The Morgan fingerprint density at radius 3 is 2.67 bits per heavy atom. The Bertz CT molecular complexity index is 416. The van der Waals surface area contributed by atoms with Gasteiger partial charge in [0, 0.05) is 25.7 Å². The summed E-state index contributed by atoms with van der Waals surface area (Å²) in [6, 6.07) is 9.80. The lowest BCUT2D eigenvalue weighted by atomic mass is 9.93. The van der Waals surface area contributed by atoms with Crippen LogP contribution < -0.4 is 5.32 Å². The van der Waals surface area contributed by atoms with Gasteiger partial charge in [0.05, 0.1) is 6.61 Å². The van der Waals surface area contributed by atoms with E-state index in [0.29, 0.717) is 18.0 Å². The molecule has 3 heteroatoms. The maximum atomic E-state index is 5.35. The van der Waals surface area contributed by atoms with Crippen molar-refractivity contribution in [3.63, 3.8) is 0 Å². The van der Waals surface area contributed by atoms with Crippen LogP contribution in [-0.2, 0) is 4.74 Å². The van der Waals surface area contributed by atoms with Crippen molar-refractivity contribution >= 4 is 0 Å². The molecule has 0 aliphatic carbocycles. The molecule has 1 aliphatic rings. The smallest absolute Gasteiger partial charge is 0.0502 e. The lowest BCUT2D eigenvalue weighted by molar-refractivity contribution is 0.0623. The van der Waals surface area contributed by atoms with Gasteiger partial charge < -0.3 is 10.1 Å². The Kier molecular flexibility index (Phi) is 6.22. The zero-order valence-corrected chi connectivity index (χ0v) is 13.9. The van der Waals surface area contributed by atoms with Crippen molar-refractivity contribution in [2.24, 2.45) is 5.92 Å². The lowest BCUT2D eigenvalue weighted by Crippen LogP contribution is -2.47. The van der Waals surface area contributed by atoms with Gasteiger partial charge in [0.1, 0.15) is 0 Å². The van der Waals surface area contributed by atoms with E-state index < -0.39 is 0 Å². The zero-order chi connectivity index (χ0) is 15.2. The molecular weight excluding hydrogens is 260 g/mol. The Hall–Kier alpha value is -0.900. The molecule has 1 aliphatic heterocycles. The molecule has 1 aromatic rings.